The quantitative estimate of drug-likeness (QED) is 0.772. The summed E-state index contributed by atoms with van der Waals surface area (Å²) in [6.45, 7) is 0.780. The van der Waals surface area contributed by atoms with Gasteiger partial charge in [0.2, 0.25) is 0 Å². The number of ether oxygens (including phenoxy) is 1. The van der Waals surface area contributed by atoms with Crippen LogP contribution >= 0.6 is 11.8 Å². The molecule has 1 aliphatic heterocycles. The highest BCUT2D eigenvalue weighted by molar-refractivity contribution is 8.00. The van der Waals surface area contributed by atoms with E-state index in [2.05, 4.69) is 18.2 Å². The van der Waals surface area contributed by atoms with Gasteiger partial charge in [-0.05, 0) is 37.4 Å². The van der Waals surface area contributed by atoms with Gasteiger partial charge in [-0.2, -0.15) is 11.8 Å². The molecule has 1 aromatic rings. The van der Waals surface area contributed by atoms with Gasteiger partial charge in [0.15, 0.2) is 0 Å². The summed E-state index contributed by atoms with van der Waals surface area (Å²) in [4.78, 5) is 0. The van der Waals surface area contributed by atoms with E-state index in [4.69, 9.17) is 10.5 Å². The summed E-state index contributed by atoms with van der Waals surface area (Å²) in [5.74, 6) is 3.35. The third-order valence-electron chi connectivity index (χ3n) is 2.77. The number of hydrogen-bond donors (Lipinski definition) is 1. The fourth-order valence-corrected chi connectivity index (χ4v) is 2.31. The van der Waals surface area contributed by atoms with Crippen LogP contribution < -0.4 is 10.5 Å². The van der Waals surface area contributed by atoms with Gasteiger partial charge in [-0.3, -0.25) is 0 Å². The smallest absolute Gasteiger partial charge is 0.122 e. The summed E-state index contributed by atoms with van der Waals surface area (Å²) < 4.78 is 5.96. The maximum Gasteiger partial charge on any atom is 0.122 e. The van der Waals surface area contributed by atoms with Crippen molar-refractivity contribution in [1.29, 1.82) is 0 Å². The van der Waals surface area contributed by atoms with Crippen molar-refractivity contribution in [3.05, 3.63) is 29.8 Å². The minimum absolute atomic E-state index is 0.431. The van der Waals surface area contributed by atoms with E-state index in [9.17, 15) is 0 Å². The second-order valence-electron chi connectivity index (χ2n) is 4.13. The van der Waals surface area contributed by atoms with Gasteiger partial charge in [-0.1, -0.05) is 18.2 Å². The summed E-state index contributed by atoms with van der Waals surface area (Å²) in [7, 11) is 0. The standard InChI is InChI=1S/C13H19NOS/c14-8-4-3-6-11-5-1-2-7-13(11)15-12-9-16-10-12/h1-2,5,7,12H,3-4,6,8-10,14H2. The summed E-state index contributed by atoms with van der Waals surface area (Å²) in [6, 6.07) is 8.38. The zero-order valence-electron chi connectivity index (χ0n) is 9.52. The molecule has 1 aromatic carbocycles. The molecule has 2 nitrogen and oxygen atoms in total. The van der Waals surface area contributed by atoms with E-state index in [-0.39, 0.29) is 0 Å². The van der Waals surface area contributed by atoms with Crippen molar-refractivity contribution >= 4 is 11.8 Å². The molecule has 0 atom stereocenters. The molecule has 2 N–H and O–H groups in total. The normalized spacial score (nSPS) is 15.8. The fourth-order valence-electron chi connectivity index (χ4n) is 1.75. The molecular formula is C13H19NOS. The first-order chi connectivity index (χ1) is 7.90. The topological polar surface area (TPSA) is 35.2 Å². The van der Waals surface area contributed by atoms with E-state index in [0.717, 1.165) is 43.1 Å². The van der Waals surface area contributed by atoms with E-state index < -0.39 is 0 Å². The van der Waals surface area contributed by atoms with Gasteiger partial charge in [0.05, 0.1) is 0 Å². The molecule has 0 radical (unpaired) electrons. The molecule has 2 rings (SSSR count). The lowest BCUT2D eigenvalue weighted by Gasteiger charge is -2.27. The first-order valence-electron chi connectivity index (χ1n) is 5.92. The van der Waals surface area contributed by atoms with Crippen LogP contribution in [-0.4, -0.2) is 24.2 Å². The monoisotopic (exact) mass is 237 g/mol. The minimum atomic E-state index is 0.431. The van der Waals surface area contributed by atoms with Gasteiger partial charge < -0.3 is 10.5 Å². The molecule has 0 saturated carbocycles. The van der Waals surface area contributed by atoms with Crippen molar-refractivity contribution in [2.45, 2.75) is 25.4 Å². The molecule has 0 spiro atoms. The van der Waals surface area contributed by atoms with Crippen LogP contribution in [0.1, 0.15) is 18.4 Å². The lowest BCUT2D eigenvalue weighted by Crippen LogP contribution is -2.31. The van der Waals surface area contributed by atoms with E-state index in [1.165, 1.54) is 5.56 Å². The maximum absolute atomic E-state index is 5.96. The van der Waals surface area contributed by atoms with E-state index in [1.807, 2.05) is 17.8 Å². The predicted octanol–water partition coefficient (Wildman–Crippen LogP) is 2.46. The number of thioether (sulfide) groups is 1. The molecule has 1 saturated heterocycles. The van der Waals surface area contributed by atoms with Crippen LogP contribution in [0.4, 0.5) is 0 Å². The number of unbranched alkanes of at least 4 members (excludes halogenated alkanes) is 1. The summed E-state index contributed by atoms with van der Waals surface area (Å²) >= 11 is 1.95. The van der Waals surface area contributed by atoms with Gasteiger partial charge in [0.25, 0.3) is 0 Å². The highest BCUT2D eigenvalue weighted by atomic mass is 32.2. The lowest BCUT2D eigenvalue weighted by atomic mass is 10.1. The van der Waals surface area contributed by atoms with Crippen LogP contribution in [0.25, 0.3) is 0 Å². The maximum atomic E-state index is 5.96. The Morgan fingerprint density at radius 3 is 2.75 bits per heavy atom. The van der Waals surface area contributed by atoms with E-state index >= 15 is 0 Å². The van der Waals surface area contributed by atoms with Crippen molar-refractivity contribution in [1.82, 2.24) is 0 Å². The average Bonchev–Trinajstić information content (AvgIpc) is 2.25. The van der Waals surface area contributed by atoms with Crippen LogP contribution in [0, 0.1) is 0 Å². The van der Waals surface area contributed by atoms with Gasteiger partial charge in [0, 0.05) is 11.5 Å². The molecule has 1 aliphatic rings. The van der Waals surface area contributed by atoms with Crippen molar-refractivity contribution < 1.29 is 4.74 Å². The Hall–Kier alpha value is -0.670. The van der Waals surface area contributed by atoms with E-state index in [0.29, 0.717) is 6.10 Å². The fraction of sp³-hybridized carbons (Fsp3) is 0.538. The molecule has 0 bridgehead atoms. The van der Waals surface area contributed by atoms with Crippen LogP contribution in [0.2, 0.25) is 0 Å². The van der Waals surface area contributed by atoms with Crippen molar-refractivity contribution in [2.75, 3.05) is 18.1 Å². The number of benzene rings is 1. The van der Waals surface area contributed by atoms with Crippen molar-refractivity contribution in [3.8, 4) is 5.75 Å². The molecular weight excluding hydrogens is 218 g/mol. The molecule has 0 aromatic heterocycles. The van der Waals surface area contributed by atoms with Crippen molar-refractivity contribution in [3.63, 3.8) is 0 Å². The largest absolute Gasteiger partial charge is 0.488 e. The predicted molar refractivity (Wildman–Crippen MR) is 70.2 cm³/mol. The third-order valence-corrected chi connectivity index (χ3v) is 3.99. The molecule has 16 heavy (non-hydrogen) atoms. The Kier molecular flexibility index (Phi) is 4.55. The average molecular weight is 237 g/mol. The molecule has 0 amide bonds. The van der Waals surface area contributed by atoms with Crippen LogP contribution in [0.15, 0.2) is 24.3 Å². The first-order valence-corrected chi connectivity index (χ1v) is 7.08. The van der Waals surface area contributed by atoms with Crippen LogP contribution in [-0.2, 0) is 6.42 Å². The summed E-state index contributed by atoms with van der Waals surface area (Å²) in [5.41, 5.74) is 6.83. The Labute approximate surface area is 102 Å². The highest BCUT2D eigenvalue weighted by Gasteiger charge is 2.20. The number of aryl methyl sites for hydroxylation is 1. The zero-order valence-corrected chi connectivity index (χ0v) is 10.3. The Morgan fingerprint density at radius 1 is 1.25 bits per heavy atom. The number of rotatable bonds is 6. The number of hydrogen-bond acceptors (Lipinski definition) is 3. The summed E-state index contributed by atoms with van der Waals surface area (Å²) in [6.07, 6.45) is 3.75. The van der Waals surface area contributed by atoms with Crippen LogP contribution in [0.5, 0.6) is 5.75 Å². The third kappa shape index (κ3) is 3.16. The van der Waals surface area contributed by atoms with Gasteiger partial charge >= 0.3 is 0 Å². The SMILES string of the molecule is NCCCCc1ccccc1OC1CSC1. The second-order valence-corrected chi connectivity index (χ2v) is 5.21. The molecule has 0 unspecified atom stereocenters. The molecule has 1 heterocycles. The molecule has 1 fully saturated rings. The van der Waals surface area contributed by atoms with Crippen molar-refractivity contribution in [2.24, 2.45) is 5.73 Å². The van der Waals surface area contributed by atoms with E-state index in [1.54, 1.807) is 0 Å². The molecule has 0 aliphatic carbocycles. The Balaban J connectivity index is 1.92. The highest BCUT2D eigenvalue weighted by Crippen LogP contribution is 2.27. The first kappa shape index (κ1) is 11.8. The summed E-state index contributed by atoms with van der Waals surface area (Å²) in [5, 5.41) is 0. The Morgan fingerprint density at radius 2 is 2.06 bits per heavy atom. The minimum Gasteiger partial charge on any atom is -0.488 e. The van der Waals surface area contributed by atoms with Gasteiger partial charge in [-0.25, -0.2) is 0 Å². The Bertz CT molecular complexity index is 325. The van der Waals surface area contributed by atoms with Gasteiger partial charge in [0.1, 0.15) is 11.9 Å². The number of nitrogens with two attached hydrogens (primary N) is 1. The zero-order chi connectivity index (χ0) is 11.2. The molecule has 88 valence electrons. The second kappa shape index (κ2) is 6.16. The van der Waals surface area contributed by atoms with Crippen LogP contribution in [0.3, 0.4) is 0 Å². The van der Waals surface area contributed by atoms with Gasteiger partial charge in [-0.15, -0.1) is 0 Å². The molecule has 3 heteroatoms. The lowest BCUT2D eigenvalue weighted by molar-refractivity contribution is 0.238. The number of para-hydroxylation sites is 1.